The number of nitrogens with zero attached hydrogens (tertiary/aromatic N) is 2. The number of benzene rings is 2. The summed E-state index contributed by atoms with van der Waals surface area (Å²) in [5.41, 5.74) is 4.50. The molecule has 0 radical (unpaired) electrons. The van der Waals surface area contributed by atoms with Crippen LogP contribution in [0.5, 0.6) is 5.75 Å². The van der Waals surface area contributed by atoms with Crippen molar-refractivity contribution >= 4 is 39.8 Å². The summed E-state index contributed by atoms with van der Waals surface area (Å²) >= 11 is 0. The number of nitrogens with one attached hydrogen (secondary N) is 1. The zero-order valence-electron chi connectivity index (χ0n) is 15.7. The number of amides is 2. The summed E-state index contributed by atoms with van der Waals surface area (Å²) in [4.78, 5) is 32.4. The molecule has 7 nitrogen and oxygen atoms in total. The van der Waals surface area contributed by atoms with E-state index >= 15 is 0 Å². The first-order valence-electron chi connectivity index (χ1n) is 9.56. The van der Waals surface area contributed by atoms with E-state index in [-0.39, 0.29) is 16.9 Å². The number of phenolic OH excluding ortho intramolecular Hbond substituents is 1. The fourth-order valence-corrected chi connectivity index (χ4v) is 4.47. The minimum absolute atomic E-state index is 0.0209. The number of para-hydroxylation sites is 1. The van der Waals surface area contributed by atoms with E-state index in [9.17, 15) is 14.7 Å². The van der Waals surface area contributed by atoms with Crippen molar-refractivity contribution in [2.24, 2.45) is 4.99 Å². The first-order valence-corrected chi connectivity index (χ1v) is 9.56. The van der Waals surface area contributed by atoms with Gasteiger partial charge in [0.1, 0.15) is 11.3 Å². The molecule has 0 unspecified atom stereocenters. The molecule has 0 atom stereocenters. The van der Waals surface area contributed by atoms with E-state index in [0.29, 0.717) is 22.2 Å². The minimum atomic E-state index is -0.543. The molecular weight excluding hydrogens is 382 g/mol. The van der Waals surface area contributed by atoms with E-state index in [2.05, 4.69) is 21.3 Å². The summed E-state index contributed by atoms with van der Waals surface area (Å²) in [6.45, 7) is 0.836. The smallest absolute Gasteiger partial charge is 0.261 e. The summed E-state index contributed by atoms with van der Waals surface area (Å²) in [5, 5.41) is 13.2. The average molecular weight is 397 g/mol. The quantitative estimate of drug-likeness (QED) is 0.649. The Morgan fingerprint density at radius 2 is 1.93 bits per heavy atom. The van der Waals surface area contributed by atoms with Crippen LogP contribution in [0, 0.1) is 0 Å². The third-order valence-electron chi connectivity index (χ3n) is 5.71. The van der Waals surface area contributed by atoms with Crippen molar-refractivity contribution in [2.45, 2.75) is 6.42 Å². The second kappa shape index (κ2) is 5.93. The van der Waals surface area contributed by atoms with Gasteiger partial charge in [-0.25, -0.2) is 0 Å². The predicted octanol–water partition coefficient (Wildman–Crippen LogP) is 2.89. The van der Waals surface area contributed by atoms with Crippen LogP contribution in [-0.2, 0) is 16.0 Å². The van der Waals surface area contributed by atoms with Gasteiger partial charge in [-0.15, -0.1) is 0 Å². The van der Waals surface area contributed by atoms with Crippen LogP contribution in [0.15, 0.2) is 70.0 Å². The number of imide groups is 1. The molecule has 146 valence electrons. The van der Waals surface area contributed by atoms with Crippen LogP contribution in [0.4, 0.5) is 5.69 Å². The number of carbonyl (C=O) groups excluding carboxylic acids is 2. The van der Waals surface area contributed by atoms with Gasteiger partial charge in [-0.1, -0.05) is 18.2 Å². The molecule has 0 spiro atoms. The molecule has 3 aliphatic rings. The van der Waals surface area contributed by atoms with Gasteiger partial charge in [0.2, 0.25) is 0 Å². The fourth-order valence-electron chi connectivity index (χ4n) is 4.47. The van der Waals surface area contributed by atoms with Crippen molar-refractivity contribution in [3.05, 3.63) is 77.3 Å². The Bertz CT molecular complexity index is 1380. The van der Waals surface area contributed by atoms with E-state index in [1.807, 2.05) is 18.3 Å². The summed E-state index contributed by atoms with van der Waals surface area (Å²) in [5.74, 6) is -1.08. The molecule has 6 rings (SSSR count). The Hall–Kier alpha value is -4.13. The Morgan fingerprint density at radius 1 is 1.07 bits per heavy atom. The minimum Gasteiger partial charge on any atom is -0.508 e. The van der Waals surface area contributed by atoms with Crippen molar-refractivity contribution in [1.82, 2.24) is 5.32 Å². The lowest BCUT2D eigenvalue weighted by molar-refractivity contribution is -0.123. The number of hydrogen-bond donors (Lipinski definition) is 2. The molecule has 1 aromatic heterocycles. The first-order chi connectivity index (χ1) is 14.6. The van der Waals surface area contributed by atoms with Crippen LogP contribution >= 0.6 is 0 Å². The molecule has 0 fully saturated rings. The average Bonchev–Trinajstić information content (AvgIpc) is 3.39. The van der Waals surface area contributed by atoms with Crippen molar-refractivity contribution in [1.29, 1.82) is 0 Å². The van der Waals surface area contributed by atoms with Crippen LogP contribution in [0.2, 0.25) is 0 Å². The monoisotopic (exact) mass is 397 g/mol. The molecule has 0 aliphatic carbocycles. The lowest BCUT2D eigenvalue weighted by Gasteiger charge is -2.17. The normalized spacial score (nSPS) is 17.5. The van der Waals surface area contributed by atoms with Crippen LogP contribution in [0.25, 0.3) is 16.5 Å². The zero-order valence-corrected chi connectivity index (χ0v) is 15.7. The molecule has 2 N–H and O–H groups in total. The van der Waals surface area contributed by atoms with E-state index < -0.39 is 11.8 Å². The van der Waals surface area contributed by atoms with Gasteiger partial charge in [0.05, 0.1) is 28.8 Å². The molecule has 7 heteroatoms. The van der Waals surface area contributed by atoms with Crippen molar-refractivity contribution in [3.63, 3.8) is 0 Å². The molecule has 3 aliphatic heterocycles. The topological polar surface area (TPSA) is 95.1 Å². The Morgan fingerprint density at radius 3 is 2.83 bits per heavy atom. The Balaban J connectivity index is 1.66. The van der Waals surface area contributed by atoms with Crippen LogP contribution in [0.3, 0.4) is 0 Å². The number of aromatic hydroxyl groups is 1. The van der Waals surface area contributed by atoms with Gasteiger partial charge < -0.3 is 14.4 Å². The highest BCUT2D eigenvalue weighted by atomic mass is 16.3. The number of fused-ring (bicyclic) bond motifs is 1. The van der Waals surface area contributed by atoms with Gasteiger partial charge in [-0.3, -0.25) is 19.9 Å². The third-order valence-corrected chi connectivity index (χ3v) is 5.71. The van der Waals surface area contributed by atoms with Gasteiger partial charge in [0.15, 0.2) is 0 Å². The largest absolute Gasteiger partial charge is 0.508 e. The van der Waals surface area contributed by atoms with Gasteiger partial charge in [-0.2, -0.15) is 0 Å². The summed E-state index contributed by atoms with van der Waals surface area (Å²) < 4.78 is 5.58. The van der Waals surface area contributed by atoms with Gasteiger partial charge in [0, 0.05) is 35.5 Å². The molecule has 0 saturated heterocycles. The fraction of sp³-hybridized carbons (Fsp3) is 0.0870. The molecule has 0 saturated carbocycles. The molecular formula is C23H15N3O4. The maximum absolute atomic E-state index is 12.9. The van der Waals surface area contributed by atoms with Crippen LogP contribution < -0.4 is 10.2 Å². The number of phenols is 1. The number of hydrogen-bond acceptors (Lipinski definition) is 6. The molecule has 4 heterocycles. The maximum atomic E-state index is 12.9. The molecule has 2 aromatic carbocycles. The second-order valence-corrected chi connectivity index (χ2v) is 7.40. The molecule has 3 aromatic rings. The zero-order chi connectivity index (χ0) is 20.4. The Labute approximate surface area is 170 Å². The summed E-state index contributed by atoms with van der Waals surface area (Å²) in [6.07, 6.45) is 5.92. The number of anilines is 1. The van der Waals surface area contributed by atoms with E-state index in [1.165, 1.54) is 17.9 Å². The standard InChI is InChI=1S/C23H15N3O4/c27-14-10-13-5-9-30-21(13)16(11-14)17-18(23(29)25-22(17)28)19-15-3-1-2-12-4-7-26(20(12)15)8-6-24-19/h1-3,5-6,8-11,27H,4,7H2,(H,25,28,29). The molecule has 30 heavy (non-hydrogen) atoms. The van der Waals surface area contributed by atoms with Crippen molar-refractivity contribution in [3.8, 4) is 5.75 Å². The highest BCUT2D eigenvalue weighted by Crippen LogP contribution is 2.39. The van der Waals surface area contributed by atoms with Crippen LogP contribution in [-0.4, -0.2) is 29.2 Å². The number of furan rings is 1. The van der Waals surface area contributed by atoms with Crippen LogP contribution in [0.1, 0.15) is 16.7 Å². The predicted molar refractivity (Wildman–Crippen MR) is 111 cm³/mol. The molecule has 2 amide bonds. The SMILES string of the molecule is O=C1NC(=O)C(c2cc(O)cc3ccoc23)=C1C1=NC=CN2CCc3cccc1c32. The number of rotatable bonds is 2. The third kappa shape index (κ3) is 2.23. The maximum Gasteiger partial charge on any atom is 0.261 e. The lowest BCUT2D eigenvalue weighted by Crippen LogP contribution is -2.25. The van der Waals surface area contributed by atoms with E-state index in [4.69, 9.17) is 4.42 Å². The van der Waals surface area contributed by atoms with Crippen molar-refractivity contribution < 1.29 is 19.1 Å². The second-order valence-electron chi connectivity index (χ2n) is 7.40. The summed E-state index contributed by atoms with van der Waals surface area (Å²) in [7, 11) is 0. The van der Waals surface area contributed by atoms with Crippen molar-refractivity contribution in [2.75, 3.05) is 11.4 Å². The first kappa shape index (κ1) is 16.8. The van der Waals surface area contributed by atoms with E-state index in [0.717, 1.165) is 24.2 Å². The van der Waals surface area contributed by atoms with Gasteiger partial charge in [0.25, 0.3) is 11.8 Å². The number of carbonyl (C=O) groups is 2. The van der Waals surface area contributed by atoms with E-state index in [1.54, 1.807) is 18.3 Å². The number of aliphatic imine (C=N–C) groups is 1. The highest BCUT2D eigenvalue weighted by molar-refractivity contribution is 6.48. The Kier molecular flexibility index (Phi) is 3.32. The summed E-state index contributed by atoms with van der Waals surface area (Å²) in [6, 6.07) is 10.6. The van der Waals surface area contributed by atoms with Gasteiger partial charge in [-0.05, 0) is 30.2 Å². The van der Waals surface area contributed by atoms with Gasteiger partial charge >= 0.3 is 0 Å². The molecule has 0 bridgehead atoms. The highest BCUT2D eigenvalue weighted by Gasteiger charge is 2.38. The lowest BCUT2D eigenvalue weighted by atomic mass is 9.92.